The van der Waals surface area contributed by atoms with Crippen molar-refractivity contribution in [2.24, 2.45) is 5.10 Å². The number of hydrazone groups is 1. The van der Waals surface area contributed by atoms with Gasteiger partial charge >= 0.3 is 5.97 Å². The molecule has 5 heteroatoms. The largest absolute Gasteiger partial charge is 0.478 e. The number of nitrogens with one attached hydrogen (secondary N) is 1. The number of nitrogens with zero attached hydrogens (tertiary/aromatic N) is 1. The third-order valence-corrected chi connectivity index (χ3v) is 3.34. The summed E-state index contributed by atoms with van der Waals surface area (Å²) < 4.78 is 0. The first-order valence-corrected chi connectivity index (χ1v) is 6.21. The number of carbonyl (C=O) groups is 1. The van der Waals surface area contributed by atoms with Gasteiger partial charge in [0.05, 0.1) is 17.5 Å². The van der Waals surface area contributed by atoms with Gasteiger partial charge in [0.1, 0.15) is 0 Å². The molecule has 0 atom stereocenters. The molecule has 92 valence electrons. The van der Waals surface area contributed by atoms with E-state index in [1.54, 1.807) is 41.8 Å². The van der Waals surface area contributed by atoms with E-state index in [1.807, 2.05) is 18.4 Å². The van der Waals surface area contributed by atoms with Gasteiger partial charge in [0.25, 0.3) is 0 Å². The number of anilines is 1. The van der Waals surface area contributed by atoms with Crippen molar-refractivity contribution < 1.29 is 9.90 Å². The highest BCUT2D eigenvalue weighted by molar-refractivity contribution is 7.11. The van der Waals surface area contributed by atoms with Crippen LogP contribution in [0.1, 0.15) is 20.8 Å². The van der Waals surface area contributed by atoms with Crippen LogP contribution >= 0.6 is 11.3 Å². The van der Waals surface area contributed by atoms with E-state index in [-0.39, 0.29) is 5.56 Å². The minimum absolute atomic E-state index is 0.238. The van der Waals surface area contributed by atoms with Gasteiger partial charge in [0, 0.05) is 4.88 Å². The number of hydrogen-bond acceptors (Lipinski definition) is 4. The average molecular weight is 260 g/mol. The lowest BCUT2D eigenvalue weighted by Crippen LogP contribution is -1.97. The average Bonchev–Trinajstić information content (AvgIpc) is 2.76. The SMILES string of the molecule is Cc1ccsc1/C=N/Nc1cccc(C(=O)O)c1. The molecule has 0 spiro atoms. The van der Waals surface area contributed by atoms with Gasteiger partial charge in [0.15, 0.2) is 0 Å². The highest BCUT2D eigenvalue weighted by atomic mass is 32.1. The van der Waals surface area contributed by atoms with E-state index in [1.165, 1.54) is 5.56 Å². The molecule has 2 N–H and O–H groups in total. The van der Waals surface area contributed by atoms with Crippen LogP contribution in [0.3, 0.4) is 0 Å². The van der Waals surface area contributed by atoms with Crippen molar-refractivity contribution in [2.45, 2.75) is 6.92 Å². The summed E-state index contributed by atoms with van der Waals surface area (Å²) in [5, 5.41) is 14.9. The van der Waals surface area contributed by atoms with Crippen molar-refractivity contribution in [1.29, 1.82) is 0 Å². The van der Waals surface area contributed by atoms with Crippen LogP contribution in [0, 0.1) is 6.92 Å². The molecule has 0 amide bonds. The van der Waals surface area contributed by atoms with E-state index in [9.17, 15) is 4.79 Å². The Hall–Kier alpha value is -2.14. The fourth-order valence-electron chi connectivity index (χ4n) is 1.40. The van der Waals surface area contributed by atoms with Gasteiger partial charge in [0.2, 0.25) is 0 Å². The molecule has 0 unspecified atom stereocenters. The lowest BCUT2D eigenvalue weighted by Gasteiger charge is -2.01. The molecule has 18 heavy (non-hydrogen) atoms. The molecule has 0 bridgehead atoms. The van der Waals surface area contributed by atoms with E-state index >= 15 is 0 Å². The van der Waals surface area contributed by atoms with Crippen LogP contribution in [0.25, 0.3) is 0 Å². The summed E-state index contributed by atoms with van der Waals surface area (Å²) in [7, 11) is 0. The van der Waals surface area contributed by atoms with E-state index in [2.05, 4.69) is 10.5 Å². The highest BCUT2D eigenvalue weighted by Gasteiger charge is 2.02. The molecule has 1 aromatic heterocycles. The first kappa shape index (κ1) is 12.3. The van der Waals surface area contributed by atoms with E-state index in [0.29, 0.717) is 5.69 Å². The predicted octanol–water partition coefficient (Wildman–Crippen LogP) is 3.20. The molecule has 0 aliphatic heterocycles. The Balaban J connectivity index is 2.06. The fraction of sp³-hybridized carbons (Fsp3) is 0.0769. The molecule has 0 saturated heterocycles. The summed E-state index contributed by atoms with van der Waals surface area (Å²) in [4.78, 5) is 11.9. The van der Waals surface area contributed by atoms with Crippen LogP contribution < -0.4 is 5.43 Å². The zero-order chi connectivity index (χ0) is 13.0. The Morgan fingerprint density at radius 2 is 2.28 bits per heavy atom. The Kier molecular flexibility index (Phi) is 3.74. The van der Waals surface area contributed by atoms with Gasteiger partial charge in [-0.2, -0.15) is 5.10 Å². The number of aryl methyl sites for hydroxylation is 1. The molecule has 0 saturated carbocycles. The summed E-state index contributed by atoms with van der Waals surface area (Å²) in [6.45, 7) is 2.02. The fourth-order valence-corrected chi connectivity index (χ4v) is 2.19. The zero-order valence-electron chi connectivity index (χ0n) is 9.75. The second kappa shape index (κ2) is 5.46. The van der Waals surface area contributed by atoms with Crippen LogP contribution in [-0.4, -0.2) is 17.3 Å². The van der Waals surface area contributed by atoms with E-state index < -0.39 is 5.97 Å². The molecule has 0 aliphatic rings. The van der Waals surface area contributed by atoms with Gasteiger partial charge in [-0.3, -0.25) is 5.43 Å². The molecule has 0 fully saturated rings. The van der Waals surface area contributed by atoms with Gasteiger partial charge in [-0.05, 0) is 42.1 Å². The van der Waals surface area contributed by atoms with Crippen LogP contribution in [-0.2, 0) is 0 Å². The Morgan fingerprint density at radius 3 is 2.94 bits per heavy atom. The van der Waals surface area contributed by atoms with Crippen molar-refractivity contribution in [3.05, 3.63) is 51.7 Å². The number of carboxylic acids is 1. The molecular weight excluding hydrogens is 248 g/mol. The van der Waals surface area contributed by atoms with E-state index in [4.69, 9.17) is 5.11 Å². The van der Waals surface area contributed by atoms with Crippen molar-refractivity contribution in [2.75, 3.05) is 5.43 Å². The molecule has 2 rings (SSSR count). The molecular formula is C13H12N2O2S. The van der Waals surface area contributed by atoms with Crippen LogP contribution in [0.2, 0.25) is 0 Å². The molecule has 4 nitrogen and oxygen atoms in total. The van der Waals surface area contributed by atoms with Crippen LogP contribution in [0.15, 0.2) is 40.8 Å². The first-order valence-electron chi connectivity index (χ1n) is 5.33. The predicted molar refractivity (Wildman–Crippen MR) is 73.7 cm³/mol. The number of aromatic carboxylic acids is 1. The zero-order valence-corrected chi connectivity index (χ0v) is 10.6. The van der Waals surface area contributed by atoms with Crippen molar-refractivity contribution in [3.63, 3.8) is 0 Å². The summed E-state index contributed by atoms with van der Waals surface area (Å²) in [5.41, 5.74) is 4.88. The van der Waals surface area contributed by atoms with Crippen LogP contribution in [0.4, 0.5) is 5.69 Å². The molecule has 2 aromatic rings. The maximum atomic E-state index is 10.8. The number of carboxylic acid groups (broad SMARTS) is 1. The highest BCUT2D eigenvalue weighted by Crippen LogP contribution is 2.13. The minimum Gasteiger partial charge on any atom is -0.478 e. The second-order valence-electron chi connectivity index (χ2n) is 3.72. The van der Waals surface area contributed by atoms with Crippen LogP contribution in [0.5, 0.6) is 0 Å². The normalized spacial score (nSPS) is 10.7. The van der Waals surface area contributed by atoms with Gasteiger partial charge < -0.3 is 5.11 Å². The van der Waals surface area contributed by atoms with Crippen molar-refractivity contribution in [3.8, 4) is 0 Å². The van der Waals surface area contributed by atoms with Crippen molar-refractivity contribution >= 4 is 29.2 Å². The Labute approximate surface area is 109 Å². The van der Waals surface area contributed by atoms with Gasteiger partial charge in [-0.15, -0.1) is 11.3 Å². The monoisotopic (exact) mass is 260 g/mol. The Bertz CT molecular complexity index is 590. The molecule has 0 radical (unpaired) electrons. The summed E-state index contributed by atoms with van der Waals surface area (Å²) in [6.07, 6.45) is 1.73. The third-order valence-electron chi connectivity index (χ3n) is 2.39. The maximum absolute atomic E-state index is 10.8. The number of hydrogen-bond donors (Lipinski definition) is 2. The molecule has 1 aromatic carbocycles. The topological polar surface area (TPSA) is 61.7 Å². The van der Waals surface area contributed by atoms with Crippen molar-refractivity contribution in [1.82, 2.24) is 0 Å². The quantitative estimate of drug-likeness (QED) is 0.655. The van der Waals surface area contributed by atoms with Gasteiger partial charge in [-0.25, -0.2) is 4.79 Å². The van der Waals surface area contributed by atoms with E-state index in [0.717, 1.165) is 4.88 Å². The summed E-state index contributed by atoms with van der Waals surface area (Å²) in [6, 6.07) is 8.56. The second-order valence-corrected chi connectivity index (χ2v) is 4.67. The lowest BCUT2D eigenvalue weighted by molar-refractivity contribution is 0.0697. The molecule has 1 heterocycles. The number of benzene rings is 1. The molecule has 0 aliphatic carbocycles. The minimum atomic E-state index is -0.947. The summed E-state index contributed by atoms with van der Waals surface area (Å²) in [5.74, 6) is -0.947. The maximum Gasteiger partial charge on any atom is 0.335 e. The Morgan fingerprint density at radius 1 is 1.44 bits per heavy atom. The standard InChI is InChI=1S/C13H12N2O2S/c1-9-5-6-18-12(9)8-14-15-11-4-2-3-10(7-11)13(16)17/h2-8,15H,1H3,(H,16,17)/b14-8+. The number of rotatable bonds is 4. The number of thiophene rings is 1. The smallest absolute Gasteiger partial charge is 0.335 e. The van der Waals surface area contributed by atoms with Gasteiger partial charge in [-0.1, -0.05) is 6.07 Å². The summed E-state index contributed by atoms with van der Waals surface area (Å²) >= 11 is 1.61. The lowest BCUT2D eigenvalue weighted by atomic mass is 10.2. The third kappa shape index (κ3) is 2.95. The first-order chi connectivity index (χ1) is 8.66.